The number of ether oxygens (including phenoxy) is 2. The molecule has 0 saturated heterocycles. The van der Waals surface area contributed by atoms with Crippen LogP contribution in [0.1, 0.15) is 41.2 Å². The second-order valence-electron chi connectivity index (χ2n) is 12.0. The van der Waals surface area contributed by atoms with Gasteiger partial charge in [-0.25, -0.2) is 10.4 Å². The van der Waals surface area contributed by atoms with Crippen molar-refractivity contribution in [1.82, 2.24) is 10.9 Å². The summed E-state index contributed by atoms with van der Waals surface area (Å²) in [6.07, 6.45) is 4.70. The molecule has 1 aliphatic rings. The number of nitrogens with one attached hydrogen (secondary N) is 2. The first kappa shape index (κ1) is 34.6. The number of hydrogen-bond donors (Lipinski definition) is 3. The molecule has 6 rings (SSSR count). The summed E-state index contributed by atoms with van der Waals surface area (Å²) in [6.45, 7) is 0.944. The van der Waals surface area contributed by atoms with Crippen LogP contribution in [-0.2, 0) is 16.0 Å². The van der Waals surface area contributed by atoms with Gasteiger partial charge in [-0.3, -0.25) is 10.2 Å². The van der Waals surface area contributed by atoms with E-state index < -0.39 is 11.6 Å². The Morgan fingerprint density at radius 3 is 2.22 bits per heavy atom. The van der Waals surface area contributed by atoms with Gasteiger partial charge in [0, 0.05) is 36.6 Å². The predicted octanol–water partition coefficient (Wildman–Crippen LogP) is 7.99. The molecule has 1 heterocycles. The summed E-state index contributed by atoms with van der Waals surface area (Å²) in [4.78, 5) is 19.6. The summed E-state index contributed by atoms with van der Waals surface area (Å²) < 4.78 is 12.4. The zero-order valence-electron chi connectivity index (χ0n) is 27.7. The van der Waals surface area contributed by atoms with Crippen LogP contribution in [0, 0.1) is 0 Å². The van der Waals surface area contributed by atoms with Crippen LogP contribution in [0.3, 0.4) is 0 Å². The van der Waals surface area contributed by atoms with Gasteiger partial charge in [0.15, 0.2) is 11.6 Å². The number of aliphatic imine (C=N–C) groups is 1. The highest BCUT2D eigenvalue weighted by molar-refractivity contribution is 6.31. The molecule has 0 fully saturated rings. The van der Waals surface area contributed by atoms with E-state index in [0.717, 1.165) is 33.4 Å². The zero-order chi connectivity index (χ0) is 34.6. The van der Waals surface area contributed by atoms with Crippen LogP contribution in [0.4, 0.5) is 0 Å². The van der Waals surface area contributed by atoms with Gasteiger partial charge in [0.1, 0.15) is 5.75 Å². The minimum absolute atomic E-state index is 0.0637. The second-order valence-corrected chi connectivity index (χ2v) is 12.4. The van der Waals surface area contributed by atoms with Gasteiger partial charge in [-0.1, -0.05) is 127 Å². The van der Waals surface area contributed by atoms with Crippen molar-refractivity contribution in [3.05, 3.63) is 167 Å². The molecule has 1 amide bonds. The molecule has 0 unspecified atom stereocenters. The van der Waals surface area contributed by atoms with Crippen LogP contribution in [-0.4, -0.2) is 42.2 Å². The Morgan fingerprint density at radius 1 is 0.840 bits per heavy atom. The SMILES string of the molecule is O=C(NNCCc1ccccc1Cl)[C@@]1(C/C=C/c2ccccc2)N=C(c2ccc(OCCCO)cc2)O[C@H]1c1ccc(-c2ccccc2)cc1. The fraction of sp³-hybridized carbons (Fsp3) is 0.190. The molecule has 5 aromatic rings. The molecule has 0 bridgehead atoms. The average Bonchev–Trinajstić information content (AvgIpc) is 3.56. The van der Waals surface area contributed by atoms with E-state index in [1.54, 1.807) is 0 Å². The third kappa shape index (κ3) is 8.50. The lowest BCUT2D eigenvalue weighted by Gasteiger charge is -2.30. The Balaban J connectivity index is 1.33. The molecule has 0 aliphatic carbocycles. The lowest BCUT2D eigenvalue weighted by Crippen LogP contribution is -2.52. The summed E-state index contributed by atoms with van der Waals surface area (Å²) in [5.74, 6) is 0.722. The van der Waals surface area contributed by atoms with Crippen molar-refractivity contribution in [2.24, 2.45) is 4.99 Å². The summed E-state index contributed by atoms with van der Waals surface area (Å²) in [5, 5.41) is 9.80. The quantitative estimate of drug-likeness (QED) is 0.0768. The summed E-state index contributed by atoms with van der Waals surface area (Å²) in [7, 11) is 0. The largest absolute Gasteiger partial charge is 0.494 e. The van der Waals surface area contributed by atoms with Gasteiger partial charge in [-0.15, -0.1) is 0 Å². The van der Waals surface area contributed by atoms with Gasteiger partial charge >= 0.3 is 0 Å². The molecule has 1 aliphatic heterocycles. The molecule has 7 nitrogen and oxygen atoms in total. The number of aliphatic hydroxyl groups excluding tert-OH is 1. The van der Waals surface area contributed by atoms with Crippen molar-refractivity contribution in [3.63, 3.8) is 0 Å². The van der Waals surface area contributed by atoms with E-state index in [0.29, 0.717) is 42.7 Å². The first-order valence-corrected chi connectivity index (χ1v) is 17.2. The molecule has 0 aromatic heterocycles. The number of aliphatic hydroxyl groups is 1. The van der Waals surface area contributed by atoms with Crippen LogP contribution >= 0.6 is 11.6 Å². The number of rotatable bonds is 15. The number of carbonyl (C=O) groups excluding carboxylic acids is 1. The third-order valence-electron chi connectivity index (χ3n) is 8.57. The van der Waals surface area contributed by atoms with E-state index in [1.165, 1.54) is 0 Å². The molecule has 0 radical (unpaired) electrons. The van der Waals surface area contributed by atoms with E-state index >= 15 is 0 Å². The van der Waals surface area contributed by atoms with Gasteiger partial charge in [-0.05, 0) is 64.6 Å². The maximum atomic E-state index is 14.5. The van der Waals surface area contributed by atoms with Gasteiger partial charge in [0.25, 0.3) is 5.91 Å². The number of benzene rings is 5. The van der Waals surface area contributed by atoms with Gasteiger partial charge in [0.05, 0.1) is 6.61 Å². The maximum absolute atomic E-state index is 14.5. The van der Waals surface area contributed by atoms with Gasteiger partial charge in [-0.2, -0.15) is 0 Å². The van der Waals surface area contributed by atoms with Crippen molar-refractivity contribution in [2.75, 3.05) is 19.8 Å². The van der Waals surface area contributed by atoms with E-state index in [-0.39, 0.29) is 18.9 Å². The van der Waals surface area contributed by atoms with Crippen LogP contribution in [0.25, 0.3) is 17.2 Å². The highest BCUT2D eigenvalue weighted by atomic mass is 35.5. The molecule has 254 valence electrons. The van der Waals surface area contributed by atoms with Gasteiger partial charge in [0.2, 0.25) is 5.90 Å². The summed E-state index contributed by atoms with van der Waals surface area (Å²) in [6, 6.07) is 43.4. The van der Waals surface area contributed by atoms with Crippen molar-refractivity contribution in [3.8, 4) is 16.9 Å². The normalized spacial score (nSPS) is 16.9. The number of amides is 1. The highest BCUT2D eigenvalue weighted by Crippen LogP contribution is 2.43. The Bertz CT molecular complexity index is 1900. The van der Waals surface area contributed by atoms with E-state index in [2.05, 4.69) is 35.1 Å². The second kappa shape index (κ2) is 16.9. The van der Waals surface area contributed by atoms with E-state index in [4.69, 9.17) is 31.2 Å². The first-order valence-electron chi connectivity index (χ1n) is 16.8. The molecular formula is C42H40ClN3O4. The Morgan fingerprint density at radius 2 is 1.50 bits per heavy atom. The minimum Gasteiger partial charge on any atom is -0.494 e. The molecular weight excluding hydrogens is 646 g/mol. The van der Waals surface area contributed by atoms with E-state index in [1.807, 2.05) is 121 Å². The van der Waals surface area contributed by atoms with E-state index in [9.17, 15) is 4.79 Å². The average molecular weight is 686 g/mol. The van der Waals surface area contributed by atoms with Crippen molar-refractivity contribution < 1.29 is 19.4 Å². The van der Waals surface area contributed by atoms with Crippen molar-refractivity contribution in [2.45, 2.75) is 30.9 Å². The smallest absolute Gasteiger partial charge is 0.266 e. The van der Waals surface area contributed by atoms with Crippen LogP contribution in [0.15, 0.2) is 145 Å². The number of halogens is 1. The molecule has 0 saturated carbocycles. The molecule has 8 heteroatoms. The fourth-order valence-corrected chi connectivity index (χ4v) is 6.11. The monoisotopic (exact) mass is 685 g/mol. The predicted molar refractivity (Wildman–Crippen MR) is 200 cm³/mol. The lowest BCUT2D eigenvalue weighted by atomic mass is 9.84. The van der Waals surface area contributed by atoms with Crippen molar-refractivity contribution >= 4 is 29.5 Å². The topological polar surface area (TPSA) is 92.2 Å². The minimum atomic E-state index is -1.34. The van der Waals surface area contributed by atoms with Crippen molar-refractivity contribution in [1.29, 1.82) is 0 Å². The number of hydrogen-bond acceptors (Lipinski definition) is 6. The number of hydrazine groups is 1. The Labute approximate surface area is 298 Å². The molecule has 2 atom stereocenters. The Hall–Kier alpha value is -5.21. The third-order valence-corrected chi connectivity index (χ3v) is 8.94. The Kier molecular flexibility index (Phi) is 11.7. The standard InChI is InChI=1S/C42H40ClN3O4/c43-38-17-8-7-16-34(38)26-28-44-46-41(48)42(27-9-13-31-11-3-1-4-12-31)39(35-20-18-33(19-21-35)32-14-5-2-6-15-32)50-40(45-42)36-22-24-37(25-23-36)49-30-10-29-47/h1-9,11-25,39,44,47H,10,26-30H2,(H,46,48)/b13-9+/t39-,42-/m0/s1. The highest BCUT2D eigenvalue weighted by Gasteiger charge is 2.52. The summed E-state index contributed by atoms with van der Waals surface area (Å²) >= 11 is 6.38. The van der Waals surface area contributed by atoms with Gasteiger partial charge < -0.3 is 14.6 Å². The zero-order valence-corrected chi connectivity index (χ0v) is 28.4. The molecule has 5 aromatic carbocycles. The molecule has 0 spiro atoms. The lowest BCUT2D eigenvalue weighted by molar-refractivity contribution is -0.129. The number of carbonyl (C=O) groups is 1. The fourth-order valence-electron chi connectivity index (χ4n) is 5.88. The summed E-state index contributed by atoms with van der Waals surface area (Å²) in [5.41, 5.74) is 10.4. The first-order chi connectivity index (χ1) is 24.6. The molecule has 3 N–H and O–H groups in total. The van der Waals surface area contributed by atoms with Crippen LogP contribution in [0.2, 0.25) is 5.02 Å². The van der Waals surface area contributed by atoms with Crippen LogP contribution in [0.5, 0.6) is 5.75 Å². The molecule has 50 heavy (non-hydrogen) atoms. The number of nitrogens with zero attached hydrogens (tertiary/aromatic N) is 1. The van der Waals surface area contributed by atoms with Crippen LogP contribution < -0.4 is 15.6 Å². The maximum Gasteiger partial charge on any atom is 0.266 e.